The number of carbonyl (C=O) groups is 1. The third kappa shape index (κ3) is 3.72. The number of nitrogens with one attached hydrogen (secondary N) is 1. The lowest BCUT2D eigenvalue weighted by Crippen LogP contribution is -2.19. The zero-order chi connectivity index (χ0) is 20.3. The van der Waals surface area contributed by atoms with Crippen LogP contribution < -0.4 is 10.2 Å². The standard InChI is InChI=1S/C24H21N5O/c30-24(22-12-9-17-5-1-2-6-20(17)26-22)25-19-10-7-18(8-11-19)21-13-14-23(28-27-21)29-15-3-4-16-29/h1-2,5-14H,3-4,15-16H2,(H,25,30). The van der Waals surface area contributed by atoms with Gasteiger partial charge in [0.1, 0.15) is 5.69 Å². The average Bonchev–Trinajstić information content (AvgIpc) is 3.34. The lowest BCUT2D eigenvalue weighted by atomic mass is 10.1. The summed E-state index contributed by atoms with van der Waals surface area (Å²) in [5, 5.41) is 12.7. The van der Waals surface area contributed by atoms with Gasteiger partial charge in [-0.25, -0.2) is 4.98 Å². The fraction of sp³-hybridized carbons (Fsp3) is 0.167. The van der Waals surface area contributed by atoms with E-state index in [4.69, 9.17) is 0 Å². The number of pyridine rings is 1. The zero-order valence-corrected chi connectivity index (χ0v) is 16.5. The fourth-order valence-corrected chi connectivity index (χ4v) is 3.71. The minimum atomic E-state index is -0.233. The Morgan fingerprint density at radius 1 is 0.833 bits per heavy atom. The van der Waals surface area contributed by atoms with Crippen molar-refractivity contribution < 1.29 is 4.79 Å². The summed E-state index contributed by atoms with van der Waals surface area (Å²) in [6.45, 7) is 2.10. The quantitative estimate of drug-likeness (QED) is 0.549. The predicted octanol–water partition coefficient (Wildman–Crippen LogP) is 4.54. The SMILES string of the molecule is O=C(Nc1ccc(-c2ccc(N3CCCC3)nn2)cc1)c1ccc2ccccc2n1. The lowest BCUT2D eigenvalue weighted by Gasteiger charge is -2.15. The Hall–Kier alpha value is -3.80. The van der Waals surface area contributed by atoms with Crippen LogP contribution in [0.2, 0.25) is 0 Å². The molecular formula is C24H21N5O. The van der Waals surface area contributed by atoms with Crippen LogP contribution in [0.5, 0.6) is 0 Å². The minimum Gasteiger partial charge on any atom is -0.355 e. The molecule has 0 bridgehead atoms. The van der Waals surface area contributed by atoms with Gasteiger partial charge in [-0.2, -0.15) is 0 Å². The summed E-state index contributed by atoms with van der Waals surface area (Å²) >= 11 is 0. The highest BCUT2D eigenvalue weighted by Crippen LogP contribution is 2.23. The number of hydrogen-bond donors (Lipinski definition) is 1. The van der Waals surface area contributed by atoms with Gasteiger partial charge < -0.3 is 10.2 Å². The molecule has 2 aromatic carbocycles. The Labute approximate surface area is 174 Å². The fourth-order valence-electron chi connectivity index (χ4n) is 3.71. The van der Waals surface area contributed by atoms with Crippen molar-refractivity contribution >= 4 is 28.3 Å². The van der Waals surface area contributed by atoms with Gasteiger partial charge in [-0.05, 0) is 49.2 Å². The maximum atomic E-state index is 12.6. The van der Waals surface area contributed by atoms with E-state index in [0.717, 1.165) is 41.1 Å². The highest BCUT2D eigenvalue weighted by atomic mass is 16.1. The van der Waals surface area contributed by atoms with Crippen LogP contribution in [0.4, 0.5) is 11.5 Å². The number of amides is 1. The maximum Gasteiger partial charge on any atom is 0.274 e. The first-order chi connectivity index (χ1) is 14.8. The normalized spacial score (nSPS) is 13.5. The molecule has 5 rings (SSSR count). The molecule has 0 radical (unpaired) electrons. The maximum absolute atomic E-state index is 12.6. The molecule has 1 aliphatic rings. The van der Waals surface area contributed by atoms with E-state index in [1.165, 1.54) is 12.8 Å². The molecule has 3 heterocycles. The van der Waals surface area contributed by atoms with Gasteiger partial charge in [0.15, 0.2) is 5.82 Å². The molecule has 1 amide bonds. The summed E-state index contributed by atoms with van der Waals surface area (Å²) in [5.41, 5.74) is 3.67. The van der Waals surface area contributed by atoms with E-state index in [1.807, 2.05) is 66.7 Å². The minimum absolute atomic E-state index is 0.233. The van der Waals surface area contributed by atoms with Gasteiger partial charge in [0.25, 0.3) is 5.91 Å². The van der Waals surface area contributed by atoms with Gasteiger partial charge >= 0.3 is 0 Å². The van der Waals surface area contributed by atoms with Crippen molar-refractivity contribution in [1.29, 1.82) is 0 Å². The number of para-hydroxylation sites is 1. The number of carbonyl (C=O) groups excluding carboxylic acids is 1. The van der Waals surface area contributed by atoms with Gasteiger partial charge in [-0.1, -0.05) is 36.4 Å². The van der Waals surface area contributed by atoms with Crippen LogP contribution in [0.3, 0.4) is 0 Å². The monoisotopic (exact) mass is 395 g/mol. The van der Waals surface area contributed by atoms with Crippen LogP contribution in [0, 0.1) is 0 Å². The topological polar surface area (TPSA) is 71.0 Å². The third-order valence-corrected chi connectivity index (χ3v) is 5.35. The van der Waals surface area contributed by atoms with Crippen LogP contribution in [0.15, 0.2) is 72.8 Å². The Morgan fingerprint density at radius 2 is 1.63 bits per heavy atom. The zero-order valence-electron chi connectivity index (χ0n) is 16.5. The van der Waals surface area contributed by atoms with Crippen molar-refractivity contribution in [2.45, 2.75) is 12.8 Å². The summed E-state index contributed by atoms with van der Waals surface area (Å²) in [4.78, 5) is 19.3. The predicted molar refractivity (Wildman–Crippen MR) is 119 cm³/mol. The first-order valence-electron chi connectivity index (χ1n) is 10.1. The number of benzene rings is 2. The van der Waals surface area contributed by atoms with Crippen LogP contribution in [-0.2, 0) is 0 Å². The highest BCUT2D eigenvalue weighted by Gasteiger charge is 2.14. The summed E-state index contributed by atoms with van der Waals surface area (Å²) in [7, 11) is 0. The Balaban J connectivity index is 1.29. The Bertz CT molecular complexity index is 1180. The smallest absolute Gasteiger partial charge is 0.274 e. The second-order valence-electron chi connectivity index (χ2n) is 7.39. The molecule has 6 nitrogen and oxygen atoms in total. The molecule has 0 aliphatic carbocycles. The number of rotatable bonds is 4. The average molecular weight is 395 g/mol. The second kappa shape index (κ2) is 7.91. The van der Waals surface area contributed by atoms with Crippen molar-refractivity contribution in [3.05, 3.63) is 78.5 Å². The molecule has 0 unspecified atom stereocenters. The van der Waals surface area contributed by atoms with Gasteiger partial charge in [0.2, 0.25) is 0 Å². The van der Waals surface area contributed by atoms with Crippen molar-refractivity contribution in [2.24, 2.45) is 0 Å². The van der Waals surface area contributed by atoms with Crippen molar-refractivity contribution in [3.8, 4) is 11.3 Å². The van der Waals surface area contributed by atoms with E-state index < -0.39 is 0 Å². The van der Waals surface area contributed by atoms with E-state index in [0.29, 0.717) is 11.4 Å². The van der Waals surface area contributed by atoms with Gasteiger partial charge in [0, 0.05) is 29.7 Å². The van der Waals surface area contributed by atoms with Crippen LogP contribution >= 0.6 is 0 Å². The molecule has 30 heavy (non-hydrogen) atoms. The molecule has 2 aromatic heterocycles. The second-order valence-corrected chi connectivity index (χ2v) is 7.39. The van der Waals surface area contributed by atoms with E-state index in [9.17, 15) is 4.79 Å². The van der Waals surface area contributed by atoms with Crippen molar-refractivity contribution in [2.75, 3.05) is 23.3 Å². The molecule has 1 fully saturated rings. The van der Waals surface area contributed by atoms with E-state index in [-0.39, 0.29) is 5.91 Å². The number of aromatic nitrogens is 3. The summed E-state index contributed by atoms with van der Waals surface area (Å²) in [6, 6.07) is 23.0. The number of hydrogen-bond acceptors (Lipinski definition) is 5. The summed E-state index contributed by atoms with van der Waals surface area (Å²) in [5.74, 6) is 0.700. The molecule has 0 saturated carbocycles. The number of fused-ring (bicyclic) bond motifs is 1. The first kappa shape index (κ1) is 18.2. The number of nitrogens with zero attached hydrogens (tertiary/aromatic N) is 4. The Kier molecular flexibility index (Phi) is 4.81. The molecule has 148 valence electrons. The molecule has 0 spiro atoms. The largest absolute Gasteiger partial charge is 0.355 e. The number of anilines is 2. The molecule has 1 aliphatic heterocycles. The lowest BCUT2D eigenvalue weighted by molar-refractivity contribution is 0.102. The van der Waals surface area contributed by atoms with Crippen LogP contribution in [0.25, 0.3) is 22.2 Å². The van der Waals surface area contributed by atoms with Crippen molar-refractivity contribution in [1.82, 2.24) is 15.2 Å². The van der Waals surface area contributed by atoms with E-state index >= 15 is 0 Å². The Morgan fingerprint density at radius 3 is 2.40 bits per heavy atom. The molecular weight excluding hydrogens is 374 g/mol. The van der Waals surface area contributed by atoms with E-state index in [1.54, 1.807) is 6.07 Å². The molecule has 6 heteroatoms. The van der Waals surface area contributed by atoms with Crippen molar-refractivity contribution in [3.63, 3.8) is 0 Å². The van der Waals surface area contributed by atoms with Crippen LogP contribution in [-0.4, -0.2) is 34.2 Å². The molecule has 1 saturated heterocycles. The summed E-state index contributed by atoms with van der Waals surface area (Å²) < 4.78 is 0. The van der Waals surface area contributed by atoms with Gasteiger partial charge in [0.05, 0.1) is 11.2 Å². The molecule has 4 aromatic rings. The summed E-state index contributed by atoms with van der Waals surface area (Å²) in [6.07, 6.45) is 2.43. The highest BCUT2D eigenvalue weighted by molar-refractivity contribution is 6.04. The van der Waals surface area contributed by atoms with E-state index in [2.05, 4.69) is 25.4 Å². The first-order valence-corrected chi connectivity index (χ1v) is 10.1. The molecule has 0 atom stereocenters. The van der Waals surface area contributed by atoms with Gasteiger partial charge in [-0.3, -0.25) is 4.79 Å². The van der Waals surface area contributed by atoms with Crippen LogP contribution in [0.1, 0.15) is 23.3 Å². The third-order valence-electron chi connectivity index (χ3n) is 5.35. The molecule has 1 N–H and O–H groups in total. The van der Waals surface area contributed by atoms with Gasteiger partial charge in [-0.15, -0.1) is 10.2 Å².